The van der Waals surface area contributed by atoms with Crippen LogP contribution in [-0.2, 0) is 14.2 Å². The summed E-state index contributed by atoms with van der Waals surface area (Å²) in [6.45, 7) is 8.63. The van der Waals surface area contributed by atoms with Crippen LogP contribution in [0.2, 0.25) is 0 Å². The predicted octanol–water partition coefficient (Wildman–Crippen LogP) is 5.53. The zero-order valence-corrected chi connectivity index (χ0v) is 26.6. The third kappa shape index (κ3) is 6.96. The first-order chi connectivity index (χ1) is 20.9. The lowest BCUT2D eigenvalue weighted by Gasteiger charge is -2.36. The second-order valence-corrected chi connectivity index (χ2v) is 13.2. The summed E-state index contributed by atoms with van der Waals surface area (Å²) in [5, 5.41) is 7.62. The number of fused-ring (bicyclic) bond motifs is 1. The molecule has 44 heavy (non-hydrogen) atoms. The third-order valence-electron chi connectivity index (χ3n) is 8.54. The number of rotatable bonds is 8. The fourth-order valence-electron chi connectivity index (χ4n) is 6.16. The van der Waals surface area contributed by atoms with E-state index in [0.717, 1.165) is 38.5 Å². The molecule has 0 unspecified atom stereocenters. The van der Waals surface area contributed by atoms with Crippen LogP contribution in [0.4, 0.5) is 22.1 Å². The molecule has 238 valence electrons. The van der Waals surface area contributed by atoms with Gasteiger partial charge in [0.1, 0.15) is 22.9 Å². The van der Waals surface area contributed by atoms with E-state index in [1.54, 1.807) is 63.9 Å². The predicted molar refractivity (Wildman–Crippen MR) is 167 cm³/mol. The van der Waals surface area contributed by atoms with Crippen molar-refractivity contribution >= 4 is 34.8 Å². The van der Waals surface area contributed by atoms with Crippen LogP contribution in [0.5, 0.6) is 0 Å². The highest BCUT2D eigenvalue weighted by Gasteiger charge is 2.34. The van der Waals surface area contributed by atoms with E-state index in [2.05, 4.69) is 17.3 Å². The van der Waals surface area contributed by atoms with E-state index >= 15 is 0 Å². The highest BCUT2D eigenvalue weighted by molar-refractivity contribution is 6.02. The summed E-state index contributed by atoms with van der Waals surface area (Å²) in [6.07, 6.45) is 8.45. The van der Waals surface area contributed by atoms with Crippen LogP contribution in [0, 0.1) is 5.92 Å². The molecule has 1 saturated heterocycles. The zero-order valence-electron chi connectivity index (χ0n) is 26.6. The minimum absolute atomic E-state index is 0.0545. The Hall–Kier alpha value is -3.77. The summed E-state index contributed by atoms with van der Waals surface area (Å²) in [7, 11) is 3.29. The number of aromatic nitrogens is 4. The largest absolute Gasteiger partial charge is 0.443 e. The van der Waals surface area contributed by atoms with Crippen molar-refractivity contribution in [2.45, 2.75) is 89.9 Å². The molecule has 5 rings (SSSR count). The van der Waals surface area contributed by atoms with Gasteiger partial charge in [-0.1, -0.05) is 6.42 Å². The molecule has 3 atom stereocenters. The van der Waals surface area contributed by atoms with Crippen molar-refractivity contribution in [2.75, 3.05) is 37.6 Å². The molecule has 1 saturated carbocycles. The molecule has 12 heteroatoms. The van der Waals surface area contributed by atoms with Gasteiger partial charge in [0, 0.05) is 39.4 Å². The Bertz CT molecular complexity index is 1570. The summed E-state index contributed by atoms with van der Waals surface area (Å²) in [5.74, 6) is 0.706. The van der Waals surface area contributed by atoms with Crippen molar-refractivity contribution in [2.24, 2.45) is 5.92 Å². The van der Waals surface area contributed by atoms with Crippen LogP contribution < -0.4 is 15.8 Å². The first-order valence-corrected chi connectivity index (χ1v) is 15.4. The van der Waals surface area contributed by atoms with Crippen LogP contribution in [0.1, 0.15) is 89.0 Å². The van der Waals surface area contributed by atoms with Gasteiger partial charge in [-0.05, 0) is 77.8 Å². The Labute approximate surface area is 257 Å². The van der Waals surface area contributed by atoms with Crippen molar-refractivity contribution in [3.05, 3.63) is 46.5 Å². The summed E-state index contributed by atoms with van der Waals surface area (Å²) in [6, 6.07) is 5.05. The van der Waals surface area contributed by atoms with Crippen molar-refractivity contribution in [3.63, 3.8) is 0 Å². The molecule has 0 radical (unpaired) electrons. The van der Waals surface area contributed by atoms with Gasteiger partial charge in [0.2, 0.25) is 0 Å². The van der Waals surface area contributed by atoms with Crippen molar-refractivity contribution in [3.8, 4) is 0 Å². The summed E-state index contributed by atoms with van der Waals surface area (Å²) < 4.78 is 20.1. The number of Topliss-reactive ketones (excluding diaryl/α,β-unsaturated/α-hetero) is 1. The molecule has 2 aliphatic rings. The highest BCUT2D eigenvalue weighted by Crippen LogP contribution is 2.37. The van der Waals surface area contributed by atoms with Gasteiger partial charge in [0.05, 0.1) is 30.0 Å². The molecule has 1 aliphatic heterocycles. The number of anilines is 3. The monoisotopic (exact) mass is 608 g/mol. The molecule has 1 aliphatic carbocycles. The van der Waals surface area contributed by atoms with Crippen LogP contribution in [0.15, 0.2) is 35.4 Å². The number of hydrogen-bond acceptors (Lipinski definition) is 9. The van der Waals surface area contributed by atoms with Gasteiger partial charge >= 0.3 is 6.09 Å². The average molecular weight is 609 g/mol. The topological polar surface area (TPSA) is 129 Å². The van der Waals surface area contributed by atoms with E-state index in [-0.39, 0.29) is 40.4 Å². The fourth-order valence-corrected chi connectivity index (χ4v) is 6.16. The normalized spacial score (nSPS) is 22.5. The number of carbonyl (C=O) groups is 2. The van der Waals surface area contributed by atoms with Gasteiger partial charge < -0.3 is 24.1 Å². The molecule has 12 nitrogen and oxygen atoms in total. The second kappa shape index (κ2) is 12.7. The Kier molecular flexibility index (Phi) is 9.12. The van der Waals surface area contributed by atoms with E-state index in [0.29, 0.717) is 36.7 Å². The van der Waals surface area contributed by atoms with Gasteiger partial charge in [-0.25, -0.2) is 9.78 Å². The molecule has 0 spiro atoms. The lowest BCUT2D eigenvalue weighted by Crippen LogP contribution is -2.35. The quantitative estimate of drug-likeness (QED) is 0.328. The maximum Gasteiger partial charge on any atom is 0.415 e. The lowest BCUT2D eigenvalue weighted by atomic mass is 9.76. The number of amides is 1. The molecule has 0 bridgehead atoms. The Morgan fingerprint density at radius 2 is 2.05 bits per heavy atom. The van der Waals surface area contributed by atoms with Crippen LogP contribution in [0.25, 0.3) is 5.65 Å². The SMILES string of the molecule is CO[C@@]1(C)CCC[C@H](CC(=O)c2cnn3c(N(C)C(=O)OC(C)(C)C)cc(Nc4cccn([C@H]5CCCOC5)c4=O)nc23)C1. The first kappa shape index (κ1) is 31.6. The smallest absolute Gasteiger partial charge is 0.415 e. The molecule has 0 aromatic carbocycles. The fraction of sp³-hybridized carbons (Fsp3) is 0.594. The number of methoxy groups -OCH3 is 1. The number of hydrogen-bond donors (Lipinski definition) is 1. The maximum absolute atomic E-state index is 13.7. The van der Waals surface area contributed by atoms with Crippen molar-refractivity contribution < 1.29 is 23.8 Å². The highest BCUT2D eigenvalue weighted by atomic mass is 16.6. The van der Waals surface area contributed by atoms with E-state index in [9.17, 15) is 14.4 Å². The Balaban J connectivity index is 1.51. The average Bonchev–Trinajstić information content (AvgIpc) is 3.41. The molecular weight excluding hydrogens is 564 g/mol. The summed E-state index contributed by atoms with van der Waals surface area (Å²) in [4.78, 5) is 46.4. The van der Waals surface area contributed by atoms with Gasteiger partial charge in [0.15, 0.2) is 11.4 Å². The number of ether oxygens (including phenoxy) is 3. The first-order valence-electron chi connectivity index (χ1n) is 15.4. The van der Waals surface area contributed by atoms with Crippen molar-refractivity contribution in [1.29, 1.82) is 0 Å². The molecule has 1 amide bonds. The number of nitrogens with one attached hydrogen (secondary N) is 1. The molecule has 4 heterocycles. The summed E-state index contributed by atoms with van der Waals surface area (Å²) >= 11 is 0. The van der Waals surface area contributed by atoms with E-state index in [1.165, 1.54) is 15.6 Å². The zero-order chi connectivity index (χ0) is 31.6. The van der Waals surface area contributed by atoms with Gasteiger partial charge in [-0.3, -0.25) is 14.5 Å². The van der Waals surface area contributed by atoms with E-state index < -0.39 is 11.7 Å². The lowest BCUT2D eigenvalue weighted by molar-refractivity contribution is -0.0395. The minimum Gasteiger partial charge on any atom is -0.443 e. The third-order valence-corrected chi connectivity index (χ3v) is 8.54. The van der Waals surface area contributed by atoms with Crippen molar-refractivity contribution in [1.82, 2.24) is 19.2 Å². The number of nitrogens with zero attached hydrogens (tertiary/aromatic N) is 5. The number of carbonyl (C=O) groups excluding carboxylic acids is 2. The van der Waals surface area contributed by atoms with Gasteiger partial charge in [-0.2, -0.15) is 9.61 Å². The molecular formula is C32H44N6O6. The van der Waals surface area contributed by atoms with Crippen LogP contribution in [-0.4, -0.2) is 69.6 Å². The van der Waals surface area contributed by atoms with E-state index in [4.69, 9.17) is 19.2 Å². The maximum atomic E-state index is 13.7. The molecule has 1 N–H and O–H groups in total. The molecule has 2 fully saturated rings. The minimum atomic E-state index is -0.724. The Morgan fingerprint density at radius 3 is 2.75 bits per heavy atom. The van der Waals surface area contributed by atoms with Crippen LogP contribution in [0.3, 0.4) is 0 Å². The van der Waals surface area contributed by atoms with Crippen LogP contribution >= 0.6 is 0 Å². The Morgan fingerprint density at radius 1 is 1.25 bits per heavy atom. The molecule has 3 aromatic rings. The number of pyridine rings is 1. The van der Waals surface area contributed by atoms with E-state index in [1.807, 2.05) is 0 Å². The second-order valence-electron chi connectivity index (χ2n) is 13.2. The standard InChI is InChI=1S/C32H44N6O6/c1-31(2,3)44-30(41)36(5)27-17-26(34-24-12-8-14-37(29(24)40)22-11-9-15-43-20-22)35-28-23(19-33-38(27)28)25(39)16-21-10-7-13-32(4,18-21)42-6/h8,12,14,17,19,21-22H,7,9-11,13,15-16,18,20H2,1-6H3,(H,34,35)/t21-,22+,32+/m1/s1. The summed E-state index contributed by atoms with van der Waals surface area (Å²) in [5.41, 5.74) is -0.229. The number of ketones is 1. The molecule has 3 aromatic heterocycles. The van der Waals surface area contributed by atoms with Gasteiger partial charge in [-0.15, -0.1) is 0 Å². The van der Waals surface area contributed by atoms with Gasteiger partial charge in [0.25, 0.3) is 5.56 Å².